The average molecular weight is 416 g/mol. The highest BCUT2D eigenvalue weighted by molar-refractivity contribution is 7.89. The molecule has 0 aliphatic carbocycles. The zero-order chi connectivity index (χ0) is 20.9. The highest BCUT2D eigenvalue weighted by Gasteiger charge is 2.40. The van der Waals surface area contributed by atoms with Crippen LogP contribution >= 0.6 is 0 Å². The minimum Gasteiger partial charge on any atom is -0.469 e. The Labute approximate surface area is 170 Å². The van der Waals surface area contributed by atoms with Crippen LogP contribution in [-0.2, 0) is 24.3 Å². The van der Waals surface area contributed by atoms with Gasteiger partial charge >= 0.3 is 5.97 Å². The largest absolute Gasteiger partial charge is 0.469 e. The Bertz CT molecular complexity index is 948. The SMILES string of the molecule is COC(=O)CC(NC(=O)[C@@H]1CCCN1S(=O)(=O)c1ccccc1)c1ccccc1. The van der Waals surface area contributed by atoms with Crippen molar-refractivity contribution in [1.29, 1.82) is 0 Å². The highest BCUT2D eigenvalue weighted by Crippen LogP contribution is 2.27. The molecular formula is C21H24N2O5S. The first-order valence-electron chi connectivity index (χ1n) is 9.42. The van der Waals surface area contributed by atoms with E-state index in [0.29, 0.717) is 12.8 Å². The molecule has 154 valence electrons. The van der Waals surface area contributed by atoms with Crippen LogP contribution < -0.4 is 5.32 Å². The third-order valence-corrected chi connectivity index (χ3v) is 6.90. The van der Waals surface area contributed by atoms with Gasteiger partial charge < -0.3 is 10.1 Å². The zero-order valence-corrected chi connectivity index (χ0v) is 17.0. The number of esters is 1. The lowest BCUT2D eigenvalue weighted by molar-refractivity contribution is -0.141. The lowest BCUT2D eigenvalue weighted by Crippen LogP contribution is -2.47. The van der Waals surface area contributed by atoms with Crippen molar-refractivity contribution in [3.63, 3.8) is 0 Å². The summed E-state index contributed by atoms with van der Waals surface area (Å²) in [7, 11) is -2.49. The van der Waals surface area contributed by atoms with Crippen molar-refractivity contribution in [2.24, 2.45) is 0 Å². The fourth-order valence-electron chi connectivity index (χ4n) is 3.47. The van der Waals surface area contributed by atoms with E-state index in [0.717, 1.165) is 5.56 Å². The Morgan fingerprint density at radius 1 is 1.10 bits per heavy atom. The van der Waals surface area contributed by atoms with Gasteiger partial charge in [0.2, 0.25) is 15.9 Å². The molecule has 1 fully saturated rings. The quantitative estimate of drug-likeness (QED) is 0.699. The number of nitrogens with one attached hydrogen (secondary N) is 1. The molecule has 7 nitrogen and oxygen atoms in total. The Balaban J connectivity index is 1.81. The Morgan fingerprint density at radius 3 is 2.34 bits per heavy atom. The molecule has 2 aromatic rings. The third kappa shape index (κ3) is 4.83. The summed E-state index contributed by atoms with van der Waals surface area (Å²) in [6.45, 7) is 0.280. The standard InChI is InChI=1S/C21H24N2O5S/c1-28-20(24)15-18(16-9-4-2-5-10-16)22-21(25)19-13-8-14-23(19)29(26,27)17-11-6-3-7-12-17/h2-7,9-12,18-19H,8,13-15H2,1H3,(H,22,25)/t18?,19-/m0/s1. The van der Waals surface area contributed by atoms with Crippen LogP contribution in [0.2, 0.25) is 0 Å². The second kappa shape index (κ2) is 9.19. The van der Waals surface area contributed by atoms with Crippen molar-refractivity contribution in [3.05, 3.63) is 66.2 Å². The highest BCUT2D eigenvalue weighted by atomic mass is 32.2. The monoisotopic (exact) mass is 416 g/mol. The summed E-state index contributed by atoms with van der Waals surface area (Å²) in [5, 5.41) is 2.85. The maximum atomic E-state index is 13.0. The van der Waals surface area contributed by atoms with Gasteiger partial charge in [-0.3, -0.25) is 9.59 Å². The molecule has 1 heterocycles. The van der Waals surface area contributed by atoms with Crippen LogP contribution in [0.3, 0.4) is 0 Å². The summed E-state index contributed by atoms with van der Waals surface area (Å²) in [5.74, 6) is -0.876. The molecule has 1 aliphatic heterocycles. The van der Waals surface area contributed by atoms with E-state index in [2.05, 4.69) is 5.32 Å². The number of hydrogen-bond acceptors (Lipinski definition) is 5. The van der Waals surface area contributed by atoms with Crippen molar-refractivity contribution in [2.45, 2.75) is 36.2 Å². The predicted octanol–water partition coefficient (Wildman–Crippen LogP) is 2.26. The smallest absolute Gasteiger partial charge is 0.307 e. The number of hydrogen-bond donors (Lipinski definition) is 1. The Morgan fingerprint density at radius 2 is 1.72 bits per heavy atom. The number of carbonyl (C=O) groups is 2. The average Bonchev–Trinajstić information content (AvgIpc) is 3.25. The van der Waals surface area contributed by atoms with Crippen LogP contribution in [0.25, 0.3) is 0 Å². The minimum absolute atomic E-state index is 0.0373. The van der Waals surface area contributed by atoms with Crippen LogP contribution in [0.5, 0.6) is 0 Å². The van der Waals surface area contributed by atoms with Gasteiger partial charge in [-0.25, -0.2) is 8.42 Å². The summed E-state index contributed by atoms with van der Waals surface area (Å²) in [4.78, 5) is 25.0. The van der Waals surface area contributed by atoms with Crippen molar-refractivity contribution >= 4 is 21.9 Å². The van der Waals surface area contributed by atoms with Crippen molar-refractivity contribution in [1.82, 2.24) is 9.62 Å². The van der Waals surface area contributed by atoms with E-state index in [-0.39, 0.29) is 17.9 Å². The summed E-state index contributed by atoms with van der Waals surface area (Å²) >= 11 is 0. The van der Waals surface area contributed by atoms with Crippen molar-refractivity contribution in [2.75, 3.05) is 13.7 Å². The lowest BCUT2D eigenvalue weighted by Gasteiger charge is -2.26. The Kier molecular flexibility index (Phi) is 6.66. The molecule has 0 saturated carbocycles. The fraction of sp³-hybridized carbons (Fsp3) is 0.333. The second-order valence-electron chi connectivity index (χ2n) is 6.84. The van der Waals surface area contributed by atoms with Crippen molar-refractivity contribution < 1.29 is 22.7 Å². The summed E-state index contributed by atoms with van der Waals surface area (Å²) in [6.07, 6.45) is 0.985. The molecule has 2 aromatic carbocycles. The van der Waals surface area contributed by atoms with Gasteiger partial charge in [0, 0.05) is 6.54 Å². The molecule has 29 heavy (non-hydrogen) atoms. The van der Waals surface area contributed by atoms with Crippen LogP contribution in [0.1, 0.15) is 30.9 Å². The van der Waals surface area contributed by atoms with Gasteiger partial charge in [0.25, 0.3) is 0 Å². The van der Waals surface area contributed by atoms with Crippen LogP contribution in [0.15, 0.2) is 65.6 Å². The Hall–Kier alpha value is -2.71. The normalized spacial score (nSPS) is 18.2. The van der Waals surface area contributed by atoms with Gasteiger partial charge in [0.1, 0.15) is 6.04 Å². The van der Waals surface area contributed by atoms with Gasteiger partial charge in [-0.1, -0.05) is 48.5 Å². The third-order valence-electron chi connectivity index (χ3n) is 4.97. The molecule has 3 rings (SSSR count). The van der Waals surface area contributed by atoms with Gasteiger partial charge in [0.05, 0.1) is 24.5 Å². The zero-order valence-electron chi connectivity index (χ0n) is 16.2. The molecule has 1 saturated heterocycles. The molecule has 1 unspecified atom stereocenters. The van der Waals surface area contributed by atoms with E-state index >= 15 is 0 Å². The molecule has 0 radical (unpaired) electrons. The molecule has 1 amide bonds. The van der Waals surface area contributed by atoms with E-state index in [4.69, 9.17) is 4.74 Å². The number of sulfonamides is 1. The van der Waals surface area contributed by atoms with Gasteiger partial charge in [-0.15, -0.1) is 0 Å². The number of nitrogens with zero attached hydrogens (tertiary/aromatic N) is 1. The first kappa shape index (κ1) is 21.0. The first-order valence-corrected chi connectivity index (χ1v) is 10.9. The summed E-state index contributed by atoms with van der Waals surface area (Å²) in [5.41, 5.74) is 0.752. The van der Waals surface area contributed by atoms with Crippen molar-refractivity contribution in [3.8, 4) is 0 Å². The summed E-state index contributed by atoms with van der Waals surface area (Å²) < 4.78 is 32.0. The molecule has 0 bridgehead atoms. The van der Waals surface area contributed by atoms with Gasteiger partial charge in [-0.05, 0) is 30.5 Å². The number of methoxy groups -OCH3 is 1. The minimum atomic E-state index is -3.78. The lowest BCUT2D eigenvalue weighted by atomic mass is 10.0. The van der Waals surface area contributed by atoms with Gasteiger partial charge in [-0.2, -0.15) is 4.31 Å². The molecular weight excluding hydrogens is 392 g/mol. The van der Waals surface area contributed by atoms with Crippen LogP contribution in [0, 0.1) is 0 Å². The molecule has 1 aliphatic rings. The molecule has 1 N–H and O–H groups in total. The predicted molar refractivity (Wildman–Crippen MR) is 107 cm³/mol. The molecule has 8 heteroatoms. The number of carbonyl (C=O) groups excluding carboxylic acids is 2. The van der Waals surface area contributed by atoms with E-state index in [1.165, 1.54) is 23.5 Å². The van der Waals surface area contributed by atoms with E-state index < -0.39 is 34.0 Å². The van der Waals surface area contributed by atoms with Crippen LogP contribution in [0.4, 0.5) is 0 Å². The van der Waals surface area contributed by atoms with E-state index in [9.17, 15) is 18.0 Å². The maximum Gasteiger partial charge on any atom is 0.307 e. The second-order valence-corrected chi connectivity index (χ2v) is 8.73. The molecule has 2 atom stereocenters. The van der Waals surface area contributed by atoms with Gasteiger partial charge in [0.15, 0.2) is 0 Å². The molecule has 0 spiro atoms. The topological polar surface area (TPSA) is 92.8 Å². The summed E-state index contributed by atoms with van der Waals surface area (Å²) in [6, 6.07) is 15.8. The fourth-order valence-corrected chi connectivity index (χ4v) is 5.15. The van der Waals surface area contributed by atoms with Crippen LogP contribution in [-0.4, -0.2) is 44.3 Å². The number of rotatable bonds is 7. The first-order chi connectivity index (χ1) is 13.9. The molecule has 0 aromatic heterocycles. The number of benzene rings is 2. The number of amides is 1. The van der Waals surface area contributed by atoms with E-state index in [1.54, 1.807) is 30.3 Å². The number of ether oxygens (including phenoxy) is 1. The van der Waals surface area contributed by atoms with E-state index in [1.807, 2.05) is 18.2 Å². The maximum absolute atomic E-state index is 13.0.